The molecule has 0 saturated carbocycles. The van der Waals surface area contributed by atoms with E-state index in [-0.39, 0.29) is 24.3 Å². The largest absolute Gasteiger partial charge is 0.355 e. The number of carbonyl (C=O) groups excluding carboxylic acids is 3. The minimum Gasteiger partial charge on any atom is -0.355 e. The van der Waals surface area contributed by atoms with Gasteiger partial charge in [0.2, 0.25) is 11.8 Å². The number of amides is 3. The Morgan fingerprint density at radius 1 is 0.636 bits per heavy atom. The second-order valence-corrected chi connectivity index (χ2v) is 7.67. The van der Waals surface area contributed by atoms with Crippen molar-refractivity contribution in [2.45, 2.75) is 19.3 Å². The number of hydrogen-bond acceptors (Lipinski definition) is 3. The van der Waals surface area contributed by atoms with Crippen molar-refractivity contribution in [2.75, 3.05) is 19.6 Å². The third-order valence-electron chi connectivity index (χ3n) is 5.12. The molecule has 0 saturated heterocycles. The molecule has 3 amide bonds. The molecule has 0 aromatic heterocycles. The summed E-state index contributed by atoms with van der Waals surface area (Å²) in [5, 5.41) is 8.26. The van der Waals surface area contributed by atoms with E-state index in [1.165, 1.54) is 0 Å². The zero-order valence-corrected chi connectivity index (χ0v) is 18.6. The maximum atomic E-state index is 12.4. The summed E-state index contributed by atoms with van der Waals surface area (Å²) in [7, 11) is 0. The molecule has 6 nitrogen and oxygen atoms in total. The Morgan fingerprint density at radius 3 is 2.06 bits per heavy atom. The van der Waals surface area contributed by atoms with Gasteiger partial charge in [-0.25, -0.2) is 0 Å². The van der Waals surface area contributed by atoms with E-state index in [4.69, 9.17) is 0 Å². The highest BCUT2D eigenvalue weighted by Crippen LogP contribution is 2.19. The van der Waals surface area contributed by atoms with E-state index < -0.39 is 0 Å². The van der Waals surface area contributed by atoms with Crippen LogP contribution in [-0.2, 0) is 16.0 Å². The van der Waals surface area contributed by atoms with E-state index in [0.29, 0.717) is 37.9 Å². The van der Waals surface area contributed by atoms with Gasteiger partial charge in [-0.2, -0.15) is 0 Å². The lowest BCUT2D eigenvalue weighted by Gasteiger charge is -2.09. The predicted octanol–water partition coefficient (Wildman–Crippen LogP) is 3.34. The van der Waals surface area contributed by atoms with Crippen LogP contribution >= 0.6 is 0 Å². The summed E-state index contributed by atoms with van der Waals surface area (Å²) in [5.41, 5.74) is 3.73. The Morgan fingerprint density at radius 2 is 1.30 bits per heavy atom. The number of rotatable bonds is 11. The monoisotopic (exact) mass is 443 g/mol. The van der Waals surface area contributed by atoms with Crippen molar-refractivity contribution in [3.8, 4) is 11.1 Å². The molecule has 0 aliphatic carbocycles. The molecule has 0 aliphatic rings. The molecule has 3 N–H and O–H groups in total. The van der Waals surface area contributed by atoms with Crippen LogP contribution in [0.15, 0.2) is 84.9 Å². The molecule has 0 atom stereocenters. The van der Waals surface area contributed by atoms with E-state index in [9.17, 15) is 14.4 Å². The first-order valence-electron chi connectivity index (χ1n) is 11.1. The summed E-state index contributed by atoms with van der Waals surface area (Å²) in [4.78, 5) is 36.2. The van der Waals surface area contributed by atoms with Crippen molar-refractivity contribution in [3.05, 3.63) is 96.1 Å². The lowest BCUT2D eigenvalue weighted by atomic mass is 10.0. The van der Waals surface area contributed by atoms with Gasteiger partial charge in [-0.1, -0.05) is 72.8 Å². The van der Waals surface area contributed by atoms with Crippen molar-refractivity contribution >= 4 is 17.7 Å². The number of hydrogen-bond donors (Lipinski definition) is 3. The van der Waals surface area contributed by atoms with Gasteiger partial charge in [0.1, 0.15) is 0 Å². The third kappa shape index (κ3) is 8.26. The fraction of sp³-hybridized carbons (Fsp3) is 0.222. The Bertz CT molecular complexity index is 1050. The van der Waals surface area contributed by atoms with Crippen LogP contribution in [0.1, 0.15) is 28.8 Å². The van der Waals surface area contributed by atoms with Crippen LogP contribution in [0.2, 0.25) is 0 Å². The molecule has 0 fully saturated rings. The summed E-state index contributed by atoms with van der Waals surface area (Å²) in [6, 6.07) is 27.1. The van der Waals surface area contributed by atoms with E-state index >= 15 is 0 Å². The van der Waals surface area contributed by atoms with Crippen molar-refractivity contribution < 1.29 is 14.4 Å². The highest BCUT2D eigenvalue weighted by atomic mass is 16.2. The van der Waals surface area contributed by atoms with Crippen LogP contribution in [0.3, 0.4) is 0 Å². The lowest BCUT2D eigenvalue weighted by molar-refractivity contribution is -0.126. The number of carbonyl (C=O) groups is 3. The predicted molar refractivity (Wildman–Crippen MR) is 130 cm³/mol. The lowest BCUT2D eigenvalue weighted by Crippen LogP contribution is -2.38. The van der Waals surface area contributed by atoms with Gasteiger partial charge in [0.15, 0.2) is 0 Å². The topological polar surface area (TPSA) is 87.3 Å². The van der Waals surface area contributed by atoms with Gasteiger partial charge in [-0.15, -0.1) is 0 Å². The quantitative estimate of drug-likeness (QED) is 0.397. The Hall–Kier alpha value is -3.93. The summed E-state index contributed by atoms with van der Waals surface area (Å²) in [6.07, 6.45) is 1.58. The zero-order chi connectivity index (χ0) is 23.3. The molecule has 0 heterocycles. The highest BCUT2D eigenvalue weighted by molar-refractivity contribution is 5.95. The SMILES string of the molecule is O=C(CCc1ccccc1)NCC(=O)NCCCNC(=O)c1cccc(-c2ccccc2)c1. The molecule has 0 spiro atoms. The van der Waals surface area contributed by atoms with Crippen molar-refractivity contribution in [1.82, 2.24) is 16.0 Å². The first kappa shape index (κ1) is 23.7. The molecule has 0 aliphatic heterocycles. The molecule has 33 heavy (non-hydrogen) atoms. The fourth-order valence-electron chi connectivity index (χ4n) is 3.32. The standard InChI is InChI=1S/C27H29N3O3/c31-25(16-15-21-9-3-1-4-10-21)30-20-26(32)28-17-8-18-29-27(33)24-14-7-13-23(19-24)22-11-5-2-6-12-22/h1-7,9-14,19H,8,15-18,20H2,(H,28,32)(H,29,33)(H,30,31). The molecule has 0 unspecified atom stereocenters. The average molecular weight is 444 g/mol. The highest BCUT2D eigenvalue weighted by Gasteiger charge is 2.08. The number of benzene rings is 3. The Kier molecular flexibility index (Phi) is 9.21. The normalized spacial score (nSPS) is 10.3. The molecule has 170 valence electrons. The fourth-order valence-corrected chi connectivity index (χ4v) is 3.32. The van der Waals surface area contributed by atoms with E-state index in [1.54, 1.807) is 6.07 Å². The first-order chi connectivity index (χ1) is 16.1. The molecular weight excluding hydrogens is 414 g/mol. The number of nitrogens with one attached hydrogen (secondary N) is 3. The zero-order valence-electron chi connectivity index (χ0n) is 18.6. The van der Waals surface area contributed by atoms with Gasteiger partial charge in [0, 0.05) is 25.1 Å². The summed E-state index contributed by atoms with van der Waals surface area (Å²) < 4.78 is 0. The van der Waals surface area contributed by atoms with Crippen LogP contribution in [0.25, 0.3) is 11.1 Å². The van der Waals surface area contributed by atoms with Gasteiger partial charge in [0.25, 0.3) is 5.91 Å². The van der Waals surface area contributed by atoms with Crippen LogP contribution in [0, 0.1) is 0 Å². The van der Waals surface area contributed by atoms with Crippen molar-refractivity contribution in [1.29, 1.82) is 0 Å². The number of aryl methyl sites for hydroxylation is 1. The Labute approximate surface area is 194 Å². The Balaban J connectivity index is 1.29. The molecule has 0 bridgehead atoms. The maximum absolute atomic E-state index is 12.4. The van der Waals surface area contributed by atoms with Gasteiger partial charge < -0.3 is 16.0 Å². The summed E-state index contributed by atoms with van der Waals surface area (Å²) in [5.74, 6) is -0.547. The van der Waals surface area contributed by atoms with Gasteiger partial charge in [0.05, 0.1) is 6.54 Å². The first-order valence-corrected chi connectivity index (χ1v) is 11.1. The van der Waals surface area contributed by atoms with E-state index in [1.807, 2.05) is 78.9 Å². The summed E-state index contributed by atoms with van der Waals surface area (Å²) >= 11 is 0. The maximum Gasteiger partial charge on any atom is 0.251 e. The van der Waals surface area contributed by atoms with E-state index in [2.05, 4.69) is 16.0 Å². The molecule has 0 radical (unpaired) electrons. The average Bonchev–Trinajstić information content (AvgIpc) is 2.87. The van der Waals surface area contributed by atoms with Crippen LogP contribution in [0.5, 0.6) is 0 Å². The molecular formula is C27H29N3O3. The second kappa shape index (κ2) is 12.8. The molecule has 3 aromatic carbocycles. The van der Waals surface area contributed by atoms with Crippen LogP contribution in [-0.4, -0.2) is 37.4 Å². The second-order valence-electron chi connectivity index (χ2n) is 7.67. The minimum absolute atomic E-state index is 0.0493. The third-order valence-corrected chi connectivity index (χ3v) is 5.12. The summed E-state index contributed by atoms with van der Waals surface area (Å²) in [6.45, 7) is 0.813. The van der Waals surface area contributed by atoms with Gasteiger partial charge >= 0.3 is 0 Å². The van der Waals surface area contributed by atoms with Gasteiger partial charge in [-0.3, -0.25) is 14.4 Å². The minimum atomic E-state index is -0.245. The van der Waals surface area contributed by atoms with Crippen molar-refractivity contribution in [3.63, 3.8) is 0 Å². The van der Waals surface area contributed by atoms with Gasteiger partial charge in [-0.05, 0) is 41.7 Å². The van der Waals surface area contributed by atoms with Crippen LogP contribution in [0.4, 0.5) is 0 Å². The smallest absolute Gasteiger partial charge is 0.251 e. The van der Waals surface area contributed by atoms with Crippen LogP contribution < -0.4 is 16.0 Å². The molecule has 3 rings (SSSR count). The van der Waals surface area contributed by atoms with Crippen molar-refractivity contribution in [2.24, 2.45) is 0 Å². The molecule has 3 aromatic rings. The molecule has 6 heteroatoms. The van der Waals surface area contributed by atoms with E-state index in [0.717, 1.165) is 16.7 Å².